The fourth-order valence-corrected chi connectivity index (χ4v) is 1.90. The van der Waals surface area contributed by atoms with E-state index in [1.54, 1.807) is 12.3 Å². The van der Waals surface area contributed by atoms with E-state index in [0.717, 1.165) is 23.2 Å². The molecule has 0 radical (unpaired) electrons. The third-order valence-electron chi connectivity index (χ3n) is 2.96. The molecule has 1 aromatic carbocycles. The average Bonchev–Trinajstić information content (AvgIpc) is 2.39. The molecule has 1 heterocycles. The molecule has 2 nitrogen and oxygen atoms in total. The smallest absolute Gasteiger partial charge is 0.127 e. The van der Waals surface area contributed by atoms with Crippen molar-refractivity contribution in [2.24, 2.45) is 0 Å². The van der Waals surface area contributed by atoms with Crippen molar-refractivity contribution in [2.45, 2.75) is 20.4 Å². The summed E-state index contributed by atoms with van der Waals surface area (Å²) in [5.74, 6) is -0.166. The highest BCUT2D eigenvalue weighted by molar-refractivity contribution is 5.66. The molecule has 3 heteroatoms. The monoisotopic (exact) mass is 244 g/mol. The molecule has 0 aliphatic heterocycles. The van der Waals surface area contributed by atoms with E-state index in [1.807, 2.05) is 32.2 Å². The van der Waals surface area contributed by atoms with Crippen LogP contribution in [0.25, 0.3) is 11.1 Å². The second-order valence-electron chi connectivity index (χ2n) is 4.28. The molecule has 1 N–H and O–H groups in total. The third-order valence-corrected chi connectivity index (χ3v) is 2.96. The number of nitrogens with zero attached hydrogens (tertiary/aromatic N) is 1. The van der Waals surface area contributed by atoms with Gasteiger partial charge in [-0.2, -0.15) is 0 Å². The molecule has 0 atom stereocenters. The van der Waals surface area contributed by atoms with Gasteiger partial charge in [0.05, 0.1) is 0 Å². The van der Waals surface area contributed by atoms with Crippen LogP contribution >= 0.6 is 0 Å². The number of halogens is 1. The normalized spacial score (nSPS) is 10.6. The third kappa shape index (κ3) is 2.74. The number of aryl methyl sites for hydroxylation is 1. The summed E-state index contributed by atoms with van der Waals surface area (Å²) in [6, 6.07) is 7.17. The zero-order chi connectivity index (χ0) is 13.0. The van der Waals surface area contributed by atoms with Crippen LogP contribution in [0.4, 0.5) is 4.39 Å². The Balaban J connectivity index is 2.38. The maximum atomic E-state index is 13.7. The zero-order valence-electron chi connectivity index (χ0n) is 10.7. The van der Waals surface area contributed by atoms with E-state index in [-0.39, 0.29) is 5.82 Å². The van der Waals surface area contributed by atoms with Crippen molar-refractivity contribution in [1.82, 2.24) is 10.3 Å². The Hall–Kier alpha value is -1.74. The quantitative estimate of drug-likeness (QED) is 0.892. The van der Waals surface area contributed by atoms with E-state index >= 15 is 0 Å². The Bertz CT molecular complexity index is 538. The van der Waals surface area contributed by atoms with Crippen LogP contribution in [-0.2, 0) is 6.54 Å². The van der Waals surface area contributed by atoms with Gasteiger partial charge in [-0.1, -0.05) is 13.0 Å². The lowest BCUT2D eigenvalue weighted by atomic mass is 10.0. The topological polar surface area (TPSA) is 24.9 Å². The van der Waals surface area contributed by atoms with Crippen molar-refractivity contribution in [3.63, 3.8) is 0 Å². The zero-order valence-corrected chi connectivity index (χ0v) is 10.7. The fourth-order valence-electron chi connectivity index (χ4n) is 1.90. The second-order valence-corrected chi connectivity index (χ2v) is 4.28. The molecule has 2 rings (SSSR count). The Morgan fingerprint density at radius 1 is 1.28 bits per heavy atom. The number of hydrogen-bond acceptors (Lipinski definition) is 2. The minimum atomic E-state index is -0.166. The molecular weight excluding hydrogens is 227 g/mol. The number of aromatic nitrogens is 1. The van der Waals surface area contributed by atoms with Crippen LogP contribution in [0.3, 0.4) is 0 Å². The molecule has 0 bridgehead atoms. The number of benzene rings is 1. The molecule has 0 unspecified atom stereocenters. The number of nitrogens with one attached hydrogen (secondary N) is 1. The van der Waals surface area contributed by atoms with Gasteiger partial charge in [0.25, 0.3) is 0 Å². The minimum absolute atomic E-state index is 0.166. The van der Waals surface area contributed by atoms with Crippen LogP contribution in [-0.4, -0.2) is 11.5 Å². The van der Waals surface area contributed by atoms with Crippen LogP contribution in [0.5, 0.6) is 0 Å². The largest absolute Gasteiger partial charge is 0.313 e. The minimum Gasteiger partial charge on any atom is -0.313 e. The molecule has 0 aliphatic carbocycles. The number of hydrogen-bond donors (Lipinski definition) is 1. The highest BCUT2D eigenvalue weighted by Gasteiger charge is 2.06. The molecule has 0 spiro atoms. The molecule has 94 valence electrons. The van der Waals surface area contributed by atoms with E-state index in [0.29, 0.717) is 12.1 Å². The molecule has 2 aromatic rings. The van der Waals surface area contributed by atoms with Gasteiger partial charge in [0.2, 0.25) is 0 Å². The van der Waals surface area contributed by atoms with E-state index in [2.05, 4.69) is 10.3 Å². The van der Waals surface area contributed by atoms with Gasteiger partial charge >= 0.3 is 0 Å². The first-order valence-corrected chi connectivity index (χ1v) is 6.12. The van der Waals surface area contributed by atoms with Crippen LogP contribution in [0, 0.1) is 12.7 Å². The standard InChI is InChI=1S/C15H17FN2/c1-3-17-9-13-8-12(4-5-15(13)16)14-10-18-7-6-11(14)2/h4-8,10,17H,3,9H2,1-2H3. The van der Waals surface area contributed by atoms with E-state index in [1.165, 1.54) is 6.07 Å². The van der Waals surface area contributed by atoms with E-state index in [9.17, 15) is 4.39 Å². The Labute approximate surface area is 107 Å². The molecule has 0 saturated heterocycles. The van der Waals surface area contributed by atoms with Gasteiger partial charge in [0.1, 0.15) is 5.82 Å². The molecular formula is C15H17FN2. The Morgan fingerprint density at radius 3 is 2.83 bits per heavy atom. The van der Waals surface area contributed by atoms with Crippen molar-refractivity contribution in [1.29, 1.82) is 0 Å². The predicted molar refractivity (Wildman–Crippen MR) is 71.7 cm³/mol. The first-order valence-electron chi connectivity index (χ1n) is 6.12. The van der Waals surface area contributed by atoms with Crippen LogP contribution in [0.15, 0.2) is 36.7 Å². The van der Waals surface area contributed by atoms with Gasteiger partial charge in [-0.3, -0.25) is 4.98 Å². The number of pyridine rings is 1. The second kappa shape index (κ2) is 5.74. The van der Waals surface area contributed by atoms with E-state index < -0.39 is 0 Å². The van der Waals surface area contributed by atoms with Gasteiger partial charge < -0.3 is 5.32 Å². The van der Waals surface area contributed by atoms with Crippen LogP contribution in [0.1, 0.15) is 18.1 Å². The molecule has 1 aromatic heterocycles. The molecule has 0 amide bonds. The predicted octanol–water partition coefficient (Wildman–Crippen LogP) is 3.31. The molecule has 0 aliphatic rings. The highest BCUT2D eigenvalue weighted by atomic mass is 19.1. The first kappa shape index (κ1) is 12.7. The van der Waals surface area contributed by atoms with E-state index in [4.69, 9.17) is 0 Å². The summed E-state index contributed by atoms with van der Waals surface area (Å²) in [5.41, 5.74) is 3.90. The molecule has 18 heavy (non-hydrogen) atoms. The lowest BCUT2D eigenvalue weighted by Crippen LogP contribution is -2.13. The van der Waals surface area contributed by atoms with Crippen LogP contribution in [0.2, 0.25) is 0 Å². The average molecular weight is 244 g/mol. The fraction of sp³-hybridized carbons (Fsp3) is 0.267. The molecule has 0 fully saturated rings. The maximum Gasteiger partial charge on any atom is 0.127 e. The summed E-state index contributed by atoms with van der Waals surface area (Å²) in [5, 5.41) is 3.14. The lowest BCUT2D eigenvalue weighted by molar-refractivity contribution is 0.593. The summed E-state index contributed by atoms with van der Waals surface area (Å²) < 4.78 is 13.7. The van der Waals surface area contributed by atoms with Gasteiger partial charge in [0, 0.05) is 30.1 Å². The summed E-state index contributed by atoms with van der Waals surface area (Å²) in [4.78, 5) is 4.13. The highest BCUT2D eigenvalue weighted by Crippen LogP contribution is 2.24. The first-order chi connectivity index (χ1) is 8.72. The lowest BCUT2D eigenvalue weighted by Gasteiger charge is -2.09. The maximum absolute atomic E-state index is 13.7. The SMILES string of the molecule is CCNCc1cc(-c2cnccc2C)ccc1F. The van der Waals surface area contributed by atoms with Crippen molar-refractivity contribution in [3.8, 4) is 11.1 Å². The van der Waals surface area contributed by atoms with Gasteiger partial charge in [-0.15, -0.1) is 0 Å². The Morgan fingerprint density at radius 2 is 2.11 bits per heavy atom. The van der Waals surface area contributed by atoms with Crippen molar-refractivity contribution >= 4 is 0 Å². The molecule has 0 saturated carbocycles. The van der Waals surface area contributed by atoms with Gasteiger partial charge in [-0.25, -0.2) is 4.39 Å². The van der Waals surface area contributed by atoms with Crippen LogP contribution < -0.4 is 5.32 Å². The van der Waals surface area contributed by atoms with Crippen molar-refractivity contribution < 1.29 is 4.39 Å². The number of rotatable bonds is 4. The summed E-state index contributed by atoms with van der Waals surface area (Å²) >= 11 is 0. The van der Waals surface area contributed by atoms with Gasteiger partial charge in [0.15, 0.2) is 0 Å². The van der Waals surface area contributed by atoms with Gasteiger partial charge in [-0.05, 0) is 42.8 Å². The summed E-state index contributed by atoms with van der Waals surface area (Å²) in [7, 11) is 0. The Kier molecular flexibility index (Phi) is 4.05. The summed E-state index contributed by atoms with van der Waals surface area (Å²) in [6.07, 6.45) is 3.58. The van der Waals surface area contributed by atoms with Crippen molar-refractivity contribution in [2.75, 3.05) is 6.54 Å². The van der Waals surface area contributed by atoms with Crippen molar-refractivity contribution in [3.05, 3.63) is 53.6 Å². The summed E-state index contributed by atoms with van der Waals surface area (Å²) in [6.45, 7) is 5.42.